The van der Waals surface area contributed by atoms with Crippen molar-refractivity contribution in [2.75, 3.05) is 26.1 Å². The molecule has 26 heavy (non-hydrogen) atoms. The molecule has 0 unspecified atom stereocenters. The summed E-state index contributed by atoms with van der Waals surface area (Å²) in [6.07, 6.45) is 0. The van der Waals surface area contributed by atoms with Crippen LogP contribution in [0.2, 0.25) is 0 Å². The fraction of sp³-hybridized carbons (Fsp3) is 0.300. The molecule has 0 N–H and O–H groups in total. The standard InChI is InChI=1S/C20H23N3O2S/c1-16-8-10-18(11-9-16)25-14-15-26-20-22-21-19(23(20)12-13-24-2)17-6-4-3-5-7-17/h3-11H,12-15H2,1-2H3. The van der Waals surface area contributed by atoms with Crippen LogP contribution >= 0.6 is 11.8 Å². The summed E-state index contributed by atoms with van der Waals surface area (Å²) in [7, 11) is 1.70. The van der Waals surface area contributed by atoms with Gasteiger partial charge in [0.15, 0.2) is 11.0 Å². The van der Waals surface area contributed by atoms with Gasteiger partial charge in [0.2, 0.25) is 0 Å². The van der Waals surface area contributed by atoms with Gasteiger partial charge in [0, 0.05) is 18.4 Å². The van der Waals surface area contributed by atoms with E-state index in [1.807, 2.05) is 42.5 Å². The molecule has 0 saturated carbocycles. The number of ether oxygens (including phenoxy) is 2. The van der Waals surface area contributed by atoms with Crippen molar-refractivity contribution in [2.24, 2.45) is 0 Å². The first-order chi connectivity index (χ1) is 12.8. The SMILES string of the molecule is COCCn1c(SCCOc2ccc(C)cc2)nnc1-c1ccccc1. The summed E-state index contributed by atoms with van der Waals surface area (Å²) in [5, 5.41) is 9.63. The zero-order chi connectivity index (χ0) is 18.2. The van der Waals surface area contributed by atoms with Crippen molar-refractivity contribution in [3.05, 3.63) is 60.2 Å². The Bertz CT molecular complexity index is 804. The van der Waals surface area contributed by atoms with E-state index in [-0.39, 0.29) is 0 Å². The zero-order valence-corrected chi connectivity index (χ0v) is 15.9. The molecule has 0 bridgehead atoms. The van der Waals surface area contributed by atoms with Crippen molar-refractivity contribution in [3.63, 3.8) is 0 Å². The molecular formula is C20H23N3O2S. The van der Waals surface area contributed by atoms with Crippen molar-refractivity contribution < 1.29 is 9.47 Å². The van der Waals surface area contributed by atoms with Gasteiger partial charge in [0.1, 0.15) is 5.75 Å². The largest absolute Gasteiger partial charge is 0.493 e. The highest BCUT2D eigenvalue weighted by atomic mass is 32.2. The van der Waals surface area contributed by atoms with Crippen LogP contribution in [0.4, 0.5) is 0 Å². The summed E-state index contributed by atoms with van der Waals surface area (Å²) in [6, 6.07) is 18.2. The van der Waals surface area contributed by atoms with Crippen molar-refractivity contribution in [1.82, 2.24) is 14.8 Å². The van der Waals surface area contributed by atoms with E-state index in [9.17, 15) is 0 Å². The van der Waals surface area contributed by atoms with Crippen LogP contribution in [0, 0.1) is 6.92 Å². The van der Waals surface area contributed by atoms with Crippen LogP contribution in [0.5, 0.6) is 5.75 Å². The van der Waals surface area contributed by atoms with E-state index in [1.54, 1.807) is 18.9 Å². The van der Waals surface area contributed by atoms with E-state index in [4.69, 9.17) is 9.47 Å². The van der Waals surface area contributed by atoms with Crippen LogP contribution in [0.3, 0.4) is 0 Å². The first-order valence-corrected chi connectivity index (χ1v) is 9.56. The van der Waals surface area contributed by atoms with Gasteiger partial charge in [-0.05, 0) is 19.1 Å². The minimum atomic E-state index is 0.616. The molecule has 2 aromatic carbocycles. The fourth-order valence-corrected chi connectivity index (χ4v) is 3.29. The number of aryl methyl sites for hydroxylation is 1. The Hall–Kier alpha value is -2.31. The summed E-state index contributed by atoms with van der Waals surface area (Å²) in [5.41, 5.74) is 2.28. The lowest BCUT2D eigenvalue weighted by atomic mass is 10.2. The molecular weight excluding hydrogens is 346 g/mol. The molecule has 0 amide bonds. The molecule has 0 spiro atoms. The maximum absolute atomic E-state index is 5.79. The molecule has 0 aliphatic rings. The smallest absolute Gasteiger partial charge is 0.191 e. The van der Waals surface area contributed by atoms with E-state index < -0.39 is 0 Å². The molecule has 5 nitrogen and oxygen atoms in total. The summed E-state index contributed by atoms with van der Waals surface area (Å²) >= 11 is 1.64. The number of hydrogen-bond donors (Lipinski definition) is 0. The monoisotopic (exact) mass is 369 g/mol. The fourth-order valence-electron chi connectivity index (χ4n) is 2.51. The second kappa shape index (κ2) is 9.40. The summed E-state index contributed by atoms with van der Waals surface area (Å²) < 4.78 is 13.1. The van der Waals surface area contributed by atoms with Crippen molar-refractivity contribution in [1.29, 1.82) is 0 Å². The van der Waals surface area contributed by atoms with Gasteiger partial charge in [-0.25, -0.2) is 0 Å². The Kier molecular flexibility index (Phi) is 6.68. The van der Waals surface area contributed by atoms with E-state index in [1.165, 1.54) is 5.56 Å². The van der Waals surface area contributed by atoms with Gasteiger partial charge in [0.25, 0.3) is 0 Å². The molecule has 3 aromatic rings. The molecule has 1 aromatic heterocycles. The number of hydrogen-bond acceptors (Lipinski definition) is 5. The highest BCUT2D eigenvalue weighted by Gasteiger charge is 2.14. The number of methoxy groups -OCH3 is 1. The zero-order valence-electron chi connectivity index (χ0n) is 15.1. The Morgan fingerprint density at radius 2 is 1.73 bits per heavy atom. The Labute approximate surface area is 158 Å². The van der Waals surface area contributed by atoms with Crippen LogP contribution in [0.25, 0.3) is 11.4 Å². The second-order valence-electron chi connectivity index (χ2n) is 5.83. The molecule has 3 rings (SSSR count). The maximum Gasteiger partial charge on any atom is 0.191 e. The molecule has 0 radical (unpaired) electrons. The van der Waals surface area contributed by atoms with Crippen LogP contribution in [0.15, 0.2) is 59.8 Å². The van der Waals surface area contributed by atoms with Crippen LogP contribution in [-0.2, 0) is 11.3 Å². The molecule has 6 heteroatoms. The summed E-state index contributed by atoms with van der Waals surface area (Å²) in [6.45, 7) is 4.02. The van der Waals surface area contributed by atoms with Gasteiger partial charge < -0.3 is 9.47 Å². The normalized spacial score (nSPS) is 10.8. The second-order valence-corrected chi connectivity index (χ2v) is 6.89. The van der Waals surface area contributed by atoms with E-state index >= 15 is 0 Å². The number of nitrogens with zero attached hydrogens (tertiary/aromatic N) is 3. The lowest BCUT2D eigenvalue weighted by Gasteiger charge is -2.10. The third kappa shape index (κ3) is 4.86. The van der Waals surface area contributed by atoms with Gasteiger partial charge in [-0.15, -0.1) is 10.2 Å². The van der Waals surface area contributed by atoms with Crippen molar-refractivity contribution >= 4 is 11.8 Å². The first kappa shape index (κ1) is 18.5. The molecule has 0 atom stereocenters. The van der Waals surface area contributed by atoms with Crippen molar-refractivity contribution in [3.8, 4) is 17.1 Å². The van der Waals surface area contributed by atoms with Crippen LogP contribution in [-0.4, -0.2) is 40.8 Å². The average molecular weight is 369 g/mol. The van der Waals surface area contributed by atoms with Crippen LogP contribution in [0.1, 0.15) is 5.56 Å². The van der Waals surface area contributed by atoms with E-state index in [0.717, 1.165) is 34.6 Å². The molecule has 0 saturated heterocycles. The lowest BCUT2D eigenvalue weighted by Crippen LogP contribution is -2.08. The van der Waals surface area contributed by atoms with Gasteiger partial charge in [0.05, 0.1) is 19.8 Å². The number of benzene rings is 2. The number of thioether (sulfide) groups is 1. The molecule has 136 valence electrons. The quantitative estimate of drug-likeness (QED) is 0.420. The lowest BCUT2D eigenvalue weighted by molar-refractivity contribution is 0.185. The Balaban J connectivity index is 1.63. The minimum absolute atomic E-state index is 0.616. The highest BCUT2D eigenvalue weighted by Crippen LogP contribution is 2.24. The van der Waals surface area contributed by atoms with E-state index in [2.05, 4.69) is 33.8 Å². The van der Waals surface area contributed by atoms with Gasteiger partial charge in [-0.3, -0.25) is 4.57 Å². The van der Waals surface area contributed by atoms with E-state index in [0.29, 0.717) is 13.2 Å². The third-order valence-electron chi connectivity index (χ3n) is 3.87. The first-order valence-electron chi connectivity index (χ1n) is 8.58. The molecule has 1 heterocycles. The predicted molar refractivity (Wildman–Crippen MR) is 105 cm³/mol. The van der Waals surface area contributed by atoms with Gasteiger partial charge >= 0.3 is 0 Å². The minimum Gasteiger partial charge on any atom is -0.493 e. The number of rotatable bonds is 9. The summed E-state index contributed by atoms with van der Waals surface area (Å²) in [4.78, 5) is 0. The van der Waals surface area contributed by atoms with Crippen molar-refractivity contribution in [2.45, 2.75) is 18.6 Å². The molecule has 0 aliphatic carbocycles. The Morgan fingerprint density at radius 3 is 2.46 bits per heavy atom. The Morgan fingerprint density at radius 1 is 0.962 bits per heavy atom. The average Bonchev–Trinajstić information content (AvgIpc) is 3.08. The van der Waals surface area contributed by atoms with Gasteiger partial charge in [-0.2, -0.15) is 0 Å². The highest BCUT2D eigenvalue weighted by molar-refractivity contribution is 7.99. The summed E-state index contributed by atoms with van der Waals surface area (Å²) in [5.74, 6) is 2.56. The molecule has 0 fully saturated rings. The predicted octanol–water partition coefficient (Wildman–Crippen LogP) is 4.07. The topological polar surface area (TPSA) is 49.2 Å². The van der Waals surface area contributed by atoms with Crippen LogP contribution < -0.4 is 4.74 Å². The van der Waals surface area contributed by atoms with Gasteiger partial charge in [-0.1, -0.05) is 59.8 Å². The third-order valence-corrected chi connectivity index (χ3v) is 4.80. The molecule has 0 aliphatic heterocycles. The maximum atomic E-state index is 5.79. The number of aromatic nitrogens is 3.